The van der Waals surface area contributed by atoms with Crippen molar-refractivity contribution in [3.63, 3.8) is 0 Å². The number of urea groups is 1. The lowest BCUT2D eigenvalue weighted by Crippen LogP contribution is -2.82. The van der Waals surface area contributed by atoms with Gasteiger partial charge in [-0.25, -0.2) is 14.4 Å². The van der Waals surface area contributed by atoms with Gasteiger partial charge in [-0.05, 0) is 42.7 Å². The molecule has 1 aliphatic heterocycles. The lowest BCUT2D eigenvalue weighted by atomic mass is 9.44. The number of ether oxygens (including phenoxy) is 5. The molecule has 9 unspecified atom stereocenters. The molecule has 318 valence electrons. The van der Waals surface area contributed by atoms with Gasteiger partial charge in [0.1, 0.15) is 23.9 Å². The summed E-state index contributed by atoms with van der Waals surface area (Å²) in [5.74, 6) is -6.23. The van der Waals surface area contributed by atoms with Gasteiger partial charge in [-0.15, -0.1) is 0 Å². The Morgan fingerprint density at radius 3 is 2.07 bits per heavy atom. The normalized spacial score (nSPS) is 32.9. The Hall–Kier alpha value is -5.16. The summed E-state index contributed by atoms with van der Waals surface area (Å²) in [4.78, 5) is 83.7. The van der Waals surface area contributed by atoms with E-state index in [1.54, 1.807) is 62.4 Å². The van der Waals surface area contributed by atoms with E-state index in [0.29, 0.717) is 5.56 Å². The number of hydrogen-bond acceptors (Lipinski definition) is 14. The molecule has 2 aromatic rings. The highest BCUT2D eigenvalue weighted by Crippen LogP contribution is 2.64. The van der Waals surface area contributed by atoms with Crippen LogP contribution in [0.5, 0.6) is 0 Å². The van der Waals surface area contributed by atoms with Crippen LogP contribution >= 0.6 is 0 Å². The third kappa shape index (κ3) is 7.19. The van der Waals surface area contributed by atoms with Crippen LogP contribution in [0.4, 0.5) is 4.79 Å². The Labute approximate surface area is 341 Å². The molecule has 1 heterocycles. The van der Waals surface area contributed by atoms with Crippen molar-refractivity contribution < 1.29 is 67.8 Å². The average molecular weight is 821 g/mol. The SMILES string of the molecule is CC(=O)OC1C(=O)[C@]2(C)C(O)CC3OC[C@@]3(OC(C)=O)C2C(OC(=O)c2ccccc2)C2(O)CC(OC(=O)C(O)C(NC(=O)N(C)C)c3ccccc3)C(C)=C1C2(C)C. The fourth-order valence-corrected chi connectivity index (χ4v) is 9.63. The number of aliphatic hydroxyl groups excluding tert-OH is 2. The van der Waals surface area contributed by atoms with Crippen molar-refractivity contribution in [3.05, 3.63) is 82.9 Å². The Bertz CT molecular complexity index is 2040. The zero-order valence-corrected chi connectivity index (χ0v) is 34.3. The zero-order chi connectivity index (χ0) is 43.4. The van der Waals surface area contributed by atoms with Gasteiger partial charge in [-0.2, -0.15) is 0 Å². The monoisotopic (exact) mass is 820 g/mol. The highest BCUT2D eigenvalue weighted by atomic mass is 16.6. The molecule has 59 heavy (non-hydrogen) atoms. The molecular weight excluding hydrogens is 768 g/mol. The van der Waals surface area contributed by atoms with Crippen LogP contribution in [0.25, 0.3) is 0 Å². The van der Waals surface area contributed by atoms with Gasteiger partial charge in [0.05, 0.1) is 35.6 Å². The Kier molecular flexibility index (Phi) is 11.6. The minimum atomic E-state index is -2.38. The number of nitrogens with zero attached hydrogens (tertiary/aromatic N) is 1. The number of nitrogens with one attached hydrogen (secondary N) is 1. The van der Waals surface area contributed by atoms with E-state index in [-0.39, 0.29) is 29.7 Å². The number of fused-ring (bicyclic) bond motifs is 5. The van der Waals surface area contributed by atoms with Gasteiger partial charge in [-0.3, -0.25) is 14.4 Å². The molecule has 4 N–H and O–H groups in total. The summed E-state index contributed by atoms with van der Waals surface area (Å²) in [6.45, 7) is 7.97. The molecule has 3 fully saturated rings. The Balaban J connectivity index is 1.56. The van der Waals surface area contributed by atoms with E-state index < -0.39 is 113 Å². The summed E-state index contributed by atoms with van der Waals surface area (Å²) in [6.07, 6.45) is -10.4. The quantitative estimate of drug-likeness (QED) is 0.162. The maximum Gasteiger partial charge on any atom is 0.338 e. The van der Waals surface area contributed by atoms with Gasteiger partial charge < -0.3 is 49.2 Å². The average Bonchev–Trinajstić information content (AvgIpc) is 3.18. The van der Waals surface area contributed by atoms with Gasteiger partial charge in [-0.1, -0.05) is 62.4 Å². The van der Waals surface area contributed by atoms with Crippen molar-refractivity contribution >= 4 is 35.7 Å². The summed E-state index contributed by atoms with van der Waals surface area (Å²) >= 11 is 0. The molecule has 6 rings (SSSR count). The van der Waals surface area contributed by atoms with E-state index in [1.807, 2.05) is 0 Å². The molecule has 2 bridgehead atoms. The van der Waals surface area contributed by atoms with E-state index in [4.69, 9.17) is 23.7 Å². The van der Waals surface area contributed by atoms with Crippen LogP contribution < -0.4 is 5.32 Å². The summed E-state index contributed by atoms with van der Waals surface area (Å²) in [5.41, 5.74) is -7.23. The van der Waals surface area contributed by atoms with Crippen molar-refractivity contribution in [2.75, 3.05) is 20.7 Å². The fourth-order valence-electron chi connectivity index (χ4n) is 9.63. The molecule has 0 aromatic heterocycles. The first-order valence-corrected chi connectivity index (χ1v) is 19.4. The number of ketones is 1. The number of benzene rings is 2. The van der Waals surface area contributed by atoms with Crippen LogP contribution in [0.2, 0.25) is 0 Å². The highest BCUT2D eigenvalue weighted by Gasteiger charge is 2.78. The predicted octanol–water partition coefficient (Wildman–Crippen LogP) is 2.58. The standard InChI is InChI=1S/C43H52N2O14/c1-22-27(57-38(52)32(49)31(44-39(53)45(7)8)25-15-11-9-12-16-25)20-43(54)36(58-37(51)26-17-13-10-14-18-26)34-41(6,28(48)19-29-42(34,21-55-29)59-24(3)47)35(50)33(56-23(2)46)30(22)40(43,4)5/h9-18,27-29,31-34,36,48-49,54H,19-21H2,1-8H3,(H,44,53)/t27?,28?,29?,31?,32?,33?,34?,36?,41-,42+,43?/m1/s1. The number of aliphatic hydroxyl groups is 3. The first kappa shape index (κ1) is 43.4. The zero-order valence-electron chi connectivity index (χ0n) is 34.3. The van der Waals surface area contributed by atoms with Crippen LogP contribution in [0.1, 0.15) is 76.3 Å². The van der Waals surface area contributed by atoms with Gasteiger partial charge in [0.15, 0.2) is 23.6 Å². The van der Waals surface area contributed by atoms with Crippen molar-refractivity contribution in [3.8, 4) is 0 Å². The second-order valence-corrected chi connectivity index (χ2v) is 16.9. The van der Waals surface area contributed by atoms with E-state index in [9.17, 15) is 39.3 Å². The molecule has 16 nitrogen and oxygen atoms in total. The first-order valence-electron chi connectivity index (χ1n) is 19.4. The van der Waals surface area contributed by atoms with E-state index in [2.05, 4.69) is 5.32 Å². The Morgan fingerprint density at radius 1 is 0.915 bits per heavy atom. The number of hydrogen-bond donors (Lipinski definition) is 4. The minimum absolute atomic E-state index is 0.000383. The molecule has 0 spiro atoms. The number of amides is 2. The maximum absolute atomic E-state index is 15.4. The second-order valence-electron chi connectivity index (χ2n) is 16.9. The van der Waals surface area contributed by atoms with Crippen molar-refractivity contribution in [1.82, 2.24) is 10.2 Å². The maximum atomic E-state index is 15.4. The lowest BCUT2D eigenvalue weighted by molar-refractivity contribution is -0.346. The molecule has 2 aromatic carbocycles. The second kappa shape index (κ2) is 15.8. The molecule has 0 radical (unpaired) electrons. The minimum Gasteiger partial charge on any atom is -0.456 e. The van der Waals surface area contributed by atoms with Gasteiger partial charge in [0.2, 0.25) is 0 Å². The van der Waals surface area contributed by atoms with Gasteiger partial charge in [0, 0.05) is 46.2 Å². The van der Waals surface area contributed by atoms with E-state index in [1.165, 1.54) is 45.0 Å². The molecule has 11 atom stereocenters. The number of Topliss-reactive ketones (excluding diaryl/α,β-unsaturated/α-hetero) is 1. The third-order valence-corrected chi connectivity index (χ3v) is 12.8. The summed E-state index contributed by atoms with van der Waals surface area (Å²) in [7, 11) is 2.96. The van der Waals surface area contributed by atoms with Crippen molar-refractivity contribution in [2.45, 2.75) is 108 Å². The Morgan fingerprint density at radius 2 is 1.53 bits per heavy atom. The number of esters is 4. The number of carbonyl (C=O) groups excluding carboxylic acids is 6. The predicted molar refractivity (Wildman–Crippen MR) is 206 cm³/mol. The highest BCUT2D eigenvalue weighted by molar-refractivity contribution is 5.95. The smallest absolute Gasteiger partial charge is 0.338 e. The molecule has 2 saturated carbocycles. The van der Waals surface area contributed by atoms with E-state index >= 15 is 4.79 Å². The third-order valence-electron chi connectivity index (χ3n) is 12.8. The summed E-state index contributed by atoms with van der Waals surface area (Å²) < 4.78 is 30.1. The molecule has 16 heteroatoms. The number of rotatable bonds is 9. The van der Waals surface area contributed by atoms with Crippen LogP contribution in [-0.2, 0) is 42.9 Å². The largest absolute Gasteiger partial charge is 0.456 e. The molecule has 3 aliphatic carbocycles. The van der Waals surface area contributed by atoms with Gasteiger partial charge in [0.25, 0.3) is 0 Å². The summed E-state index contributed by atoms with van der Waals surface area (Å²) in [6, 6.07) is 14.1. The van der Waals surface area contributed by atoms with Crippen molar-refractivity contribution in [1.29, 1.82) is 0 Å². The van der Waals surface area contributed by atoms with Crippen LogP contribution in [-0.4, -0.2) is 124 Å². The number of carbonyl (C=O) groups is 6. The first-order chi connectivity index (χ1) is 27.6. The molecule has 2 amide bonds. The molecule has 4 aliphatic rings. The topological polar surface area (TPSA) is 225 Å². The van der Waals surface area contributed by atoms with Gasteiger partial charge >= 0.3 is 29.9 Å². The van der Waals surface area contributed by atoms with E-state index in [0.717, 1.165) is 13.8 Å². The summed E-state index contributed by atoms with van der Waals surface area (Å²) in [5, 5.41) is 39.8. The lowest BCUT2D eigenvalue weighted by Gasteiger charge is -2.67. The van der Waals surface area contributed by atoms with Crippen LogP contribution in [0.3, 0.4) is 0 Å². The van der Waals surface area contributed by atoms with Crippen molar-refractivity contribution in [2.24, 2.45) is 16.7 Å². The van der Waals surface area contributed by atoms with Crippen LogP contribution in [0, 0.1) is 16.7 Å². The fraction of sp³-hybridized carbons (Fsp3) is 0.535. The van der Waals surface area contributed by atoms with Crippen LogP contribution in [0.15, 0.2) is 71.8 Å². The molecule has 1 saturated heterocycles. The molecular formula is C43H52N2O14.